The van der Waals surface area contributed by atoms with Crippen molar-refractivity contribution in [3.05, 3.63) is 93.7 Å². The Labute approximate surface area is 221 Å². The zero-order valence-corrected chi connectivity index (χ0v) is 22.3. The second-order valence-corrected chi connectivity index (χ2v) is 10.4. The fourth-order valence-corrected chi connectivity index (χ4v) is 5.53. The molecule has 0 fully saturated rings. The Hall–Kier alpha value is -2.76. The third kappa shape index (κ3) is 7.87. The summed E-state index contributed by atoms with van der Waals surface area (Å²) in [6.45, 7) is 2.02. The maximum atomic E-state index is 5.39. The van der Waals surface area contributed by atoms with Crippen molar-refractivity contribution in [1.29, 1.82) is 0 Å². The Bertz CT molecular complexity index is 1160. The second-order valence-electron chi connectivity index (χ2n) is 8.07. The maximum Gasteiger partial charge on any atom is 0.146 e. The summed E-state index contributed by atoms with van der Waals surface area (Å²) in [6.07, 6.45) is 1.79. The minimum absolute atomic E-state index is 0.340. The van der Waals surface area contributed by atoms with Crippen molar-refractivity contribution in [2.45, 2.75) is 12.8 Å². The van der Waals surface area contributed by atoms with Crippen molar-refractivity contribution in [1.82, 2.24) is 0 Å². The van der Waals surface area contributed by atoms with Crippen LogP contribution in [-0.4, -0.2) is 41.0 Å². The highest BCUT2D eigenvalue weighted by Crippen LogP contribution is 2.30. The zero-order valence-electron chi connectivity index (χ0n) is 20.6. The Kier molecular flexibility index (Phi) is 10.3. The lowest BCUT2D eigenvalue weighted by Crippen LogP contribution is -2.00. The van der Waals surface area contributed by atoms with Crippen molar-refractivity contribution >= 4 is 22.7 Å². The minimum Gasteiger partial charge on any atom is -0.359 e. The summed E-state index contributed by atoms with van der Waals surface area (Å²) in [4.78, 5) is 5.13. The molecule has 2 aromatic carbocycles. The molecule has 2 heterocycles. The van der Waals surface area contributed by atoms with Gasteiger partial charge in [0.15, 0.2) is 0 Å². The molecule has 0 saturated heterocycles. The third-order valence-electron chi connectivity index (χ3n) is 5.40. The normalized spacial score (nSPS) is 10.8. The zero-order chi connectivity index (χ0) is 25.0. The van der Waals surface area contributed by atoms with Crippen molar-refractivity contribution in [3.8, 4) is 32.7 Å². The van der Waals surface area contributed by atoms with Crippen LogP contribution in [0.4, 0.5) is 0 Å². The van der Waals surface area contributed by atoms with E-state index in [2.05, 4.69) is 84.6 Å². The van der Waals surface area contributed by atoms with Gasteiger partial charge in [-0.3, -0.25) is 0 Å². The molecule has 0 atom stereocenters. The van der Waals surface area contributed by atoms with E-state index < -0.39 is 0 Å². The molecule has 4 nitrogen and oxygen atoms in total. The highest BCUT2D eigenvalue weighted by molar-refractivity contribution is 7.15. The van der Waals surface area contributed by atoms with Crippen LogP contribution in [0.5, 0.6) is 0 Å². The van der Waals surface area contributed by atoms with Gasteiger partial charge >= 0.3 is 0 Å². The lowest BCUT2D eigenvalue weighted by atomic mass is 10.1. The molecule has 0 saturated carbocycles. The van der Waals surface area contributed by atoms with E-state index in [1.165, 1.54) is 30.6 Å². The molecule has 186 valence electrons. The fraction of sp³-hybridized carbons (Fsp3) is 0.267. The molecule has 4 rings (SSSR count). The number of methoxy groups -OCH3 is 2. The summed E-state index contributed by atoms with van der Waals surface area (Å²) >= 11 is 3.60. The van der Waals surface area contributed by atoms with Gasteiger partial charge in [0.25, 0.3) is 0 Å². The van der Waals surface area contributed by atoms with E-state index in [9.17, 15) is 0 Å². The minimum atomic E-state index is 0.340. The number of ether oxygens (including phenoxy) is 4. The van der Waals surface area contributed by atoms with Gasteiger partial charge < -0.3 is 18.9 Å². The number of benzene rings is 2. The van der Waals surface area contributed by atoms with E-state index >= 15 is 0 Å². The molecule has 6 heteroatoms. The van der Waals surface area contributed by atoms with Crippen molar-refractivity contribution in [2.75, 3.05) is 41.0 Å². The molecule has 0 unspecified atom stereocenters. The van der Waals surface area contributed by atoms with Gasteiger partial charge in [-0.1, -0.05) is 36.1 Å². The molecule has 0 bridgehead atoms. The summed E-state index contributed by atoms with van der Waals surface area (Å²) in [5, 5.41) is 0. The van der Waals surface area contributed by atoms with E-state index in [-0.39, 0.29) is 0 Å². The second kappa shape index (κ2) is 14.1. The topological polar surface area (TPSA) is 36.9 Å². The molecule has 0 aliphatic carbocycles. The first-order valence-corrected chi connectivity index (χ1v) is 13.4. The quantitative estimate of drug-likeness (QED) is 0.117. The van der Waals surface area contributed by atoms with Crippen LogP contribution in [0.1, 0.15) is 20.9 Å². The van der Waals surface area contributed by atoms with Crippen LogP contribution in [0, 0.1) is 11.8 Å². The lowest BCUT2D eigenvalue weighted by Gasteiger charge is -2.01. The molecule has 0 N–H and O–H groups in total. The Balaban J connectivity index is 1.32. The Morgan fingerprint density at radius 3 is 1.36 bits per heavy atom. The average Bonchev–Trinajstić information content (AvgIpc) is 3.59. The number of rotatable bonds is 12. The molecule has 0 amide bonds. The lowest BCUT2D eigenvalue weighted by molar-refractivity contribution is -0.0291. The first-order chi connectivity index (χ1) is 17.7. The Morgan fingerprint density at radius 2 is 0.972 bits per heavy atom. The van der Waals surface area contributed by atoms with Crippen LogP contribution in [-0.2, 0) is 31.8 Å². The summed E-state index contributed by atoms with van der Waals surface area (Å²) in [5.41, 5.74) is 4.43. The van der Waals surface area contributed by atoms with Gasteiger partial charge in [-0.25, -0.2) is 0 Å². The molecule has 2 aromatic heterocycles. The van der Waals surface area contributed by atoms with Crippen LogP contribution in [0.3, 0.4) is 0 Å². The van der Waals surface area contributed by atoms with E-state index in [1.54, 1.807) is 36.9 Å². The Morgan fingerprint density at radius 1 is 0.556 bits per heavy atom. The highest BCUT2D eigenvalue weighted by atomic mass is 32.1. The highest BCUT2D eigenvalue weighted by Gasteiger charge is 2.05. The van der Waals surface area contributed by atoms with Gasteiger partial charge in [-0.2, -0.15) is 0 Å². The predicted octanol–water partition coefficient (Wildman–Crippen LogP) is 6.87. The van der Waals surface area contributed by atoms with Crippen LogP contribution in [0.2, 0.25) is 0 Å². The van der Waals surface area contributed by atoms with E-state index in [1.807, 2.05) is 0 Å². The molecule has 0 aliphatic rings. The van der Waals surface area contributed by atoms with E-state index in [0.29, 0.717) is 26.8 Å². The molecule has 0 radical (unpaired) electrons. The maximum absolute atomic E-state index is 5.39. The van der Waals surface area contributed by atoms with Gasteiger partial charge in [0, 0.05) is 57.7 Å². The van der Waals surface area contributed by atoms with Gasteiger partial charge in [-0.05, 0) is 59.7 Å². The molecular weight excluding hydrogens is 488 g/mol. The molecule has 4 aromatic rings. The van der Waals surface area contributed by atoms with Crippen LogP contribution in [0.15, 0.2) is 72.8 Å². The van der Waals surface area contributed by atoms with E-state index in [0.717, 1.165) is 24.0 Å². The van der Waals surface area contributed by atoms with Crippen LogP contribution >= 0.6 is 22.7 Å². The van der Waals surface area contributed by atoms with Crippen LogP contribution in [0.25, 0.3) is 20.9 Å². The van der Waals surface area contributed by atoms with Crippen molar-refractivity contribution in [3.63, 3.8) is 0 Å². The SMILES string of the molecule is COCOCCc1ccc(-c2ccc(C#Cc3ccc(-c4ccc(CCOCOC)s4)cc3)cc2)s1. The van der Waals surface area contributed by atoms with E-state index in [4.69, 9.17) is 18.9 Å². The first-order valence-electron chi connectivity index (χ1n) is 11.8. The summed E-state index contributed by atoms with van der Waals surface area (Å²) < 4.78 is 20.6. The average molecular weight is 519 g/mol. The van der Waals surface area contributed by atoms with Crippen molar-refractivity contribution < 1.29 is 18.9 Å². The number of thiophene rings is 2. The van der Waals surface area contributed by atoms with Crippen LogP contribution < -0.4 is 0 Å². The monoisotopic (exact) mass is 518 g/mol. The van der Waals surface area contributed by atoms with Gasteiger partial charge in [0.05, 0.1) is 13.2 Å². The number of hydrogen-bond acceptors (Lipinski definition) is 6. The molecule has 0 spiro atoms. The molecular formula is C30H30O4S2. The van der Waals surface area contributed by atoms with Gasteiger partial charge in [0.2, 0.25) is 0 Å². The third-order valence-corrected chi connectivity index (χ3v) is 7.79. The standard InChI is InChI=1S/C30H30O4S2/c1-31-21-33-19-17-27-13-15-29(35-27)25-9-5-23(6-10-25)3-4-24-7-11-26(12-8-24)30-16-14-28(36-30)18-20-34-22-32-2/h5-16H,17-22H2,1-2H3. The predicted molar refractivity (Wildman–Crippen MR) is 149 cm³/mol. The van der Waals surface area contributed by atoms with Gasteiger partial charge in [-0.15, -0.1) is 22.7 Å². The summed E-state index contributed by atoms with van der Waals surface area (Å²) in [6, 6.07) is 25.6. The fourth-order valence-electron chi connectivity index (χ4n) is 3.54. The largest absolute Gasteiger partial charge is 0.359 e. The summed E-state index contributed by atoms with van der Waals surface area (Å²) in [5.74, 6) is 6.57. The first kappa shape index (κ1) is 26.3. The number of hydrogen-bond donors (Lipinski definition) is 0. The van der Waals surface area contributed by atoms with Gasteiger partial charge in [0.1, 0.15) is 13.6 Å². The van der Waals surface area contributed by atoms with Crippen molar-refractivity contribution in [2.24, 2.45) is 0 Å². The molecule has 0 aliphatic heterocycles. The summed E-state index contributed by atoms with van der Waals surface area (Å²) in [7, 11) is 3.27. The molecule has 36 heavy (non-hydrogen) atoms. The smallest absolute Gasteiger partial charge is 0.146 e.